The third-order valence-electron chi connectivity index (χ3n) is 9.76. The lowest BCUT2D eigenvalue weighted by Crippen LogP contribution is -2.29. The number of unbranched alkanes of at least 4 members (excludes halogenated alkanes) is 22. The number of rotatable bonds is 40. The molecule has 8 nitrogen and oxygen atoms in total. The van der Waals surface area contributed by atoms with Gasteiger partial charge in [0.15, 0.2) is 6.10 Å². The van der Waals surface area contributed by atoms with Crippen molar-refractivity contribution in [2.75, 3.05) is 19.8 Å². The third-order valence-corrected chi connectivity index (χ3v) is 10.7. The van der Waals surface area contributed by atoms with Crippen LogP contribution in [0.4, 0.5) is 0 Å². The number of carbonyl (C=O) groups is 2. The van der Waals surface area contributed by atoms with Crippen LogP contribution in [0.2, 0.25) is 0 Å². The molecule has 0 aromatic rings. The quantitative estimate of drug-likeness (QED) is 0.0282. The average Bonchev–Trinajstić information content (AvgIpc) is 3.14. The van der Waals surface area contributed by atoms with Crippen LogP contribution in [-0.2, 0) is 32.7 Å². The molecule has 0 aliphatic rings. The Hall–Kier alpha value is -1.47. The minimum Gasteiger partial charge on any atom is -0.462 e. The smallest absolute Gasteiger partial charge is 0.462 e. The molecule has 2 atom stereocenters. The maximum Gasteiger partial charge on any atom is 0.472 e. The fourth-order valence-electron chi connectivity index (χ4n) is 6.30. The Morgan fingerprint density at radius 3 is 1.38 bits per heavy atom. The molecule has 0 spiro atoms. The maximum atomic E-state index is 12.7. The van der Waals surface area contributed by atoms with E-state index in [-0.39, 0.29) is 37.4 Å². The van der Waals surface area contributed by atoms with Crippen LogP contribution in [0.5, 0.6) is 0 Å². The highest BCUT2D eigenvalue weighted by Gasteiger charge is 2.26. The SMILES string of the molecule is CCCCCCCC/C=C\CCCCCCCC(=O)OCC(COP(=O)(O)OCCCC(C)(C)C)OC(=O)CCCCCCC/C=C\CCCCCCCC. The van der Waals surface area contributed by atoms with Crippen LogP contribution in [-0.4, -0.2) is 42.8 Å². The lowest BCUT2D eigenvalue weighted by atomic mass is 9.91. The molecule has 0 aliphatic heterocycles. The van der Waals surface area contributed by atoms with E-state index >= 15 is 0 Å². The van der Waals surface area contributed by atoms with E-state index in [4.69, 9.17) is 18.5 Å². The number of phosphoric ester groups is 1. The van der Waals surface area contributed by atoms with Crippen LogP contribution < -0.4 is 0 Å². The van der Waals surface area contributed by atoms with Gasteiger partial charge in [0.05, 0.1) is 13.2 Å². The summed E-state index contributed by atoms with van der Waals surface area (Å²) in [5.74, 6) is -0.806. The normalized spacial score (nSPS) is 13.8. The van der Waals surface area contributed by atoms with Gasteiger partial charge < -0.3 is 14.4 Å². The van der Waals surface area contributed by atoms with Crippen LogP contribution >= 0.6 is 7.82 Å². The van der Waals surface area contributed by atoms with Crippen molar-refractivity contribution in [1.29, 1.82) is 0 Å². The average molecular weight is 799 g/mol. The first-order valence-electron chi connectivity index (χ1n) is 22.8. The van der Waals surface area contributed by atoms with E-state index in [2.05, 4.69) is 58.9 Å². The summed E-state index contributed by atoms with van der Waals surface area (Å²) in [7, 11) is -4.36. The summed E-state index contributed by atoms with van der Waals surface area (Å²) >= 11 is 0. The van der Waals surface area contributed by atoms with Gasteiger partial charge in [0.1, 0.15) is 6.61 Å². The van der Waals surface area contributed by atoms with E-state index in [1.807, 2.05) is 0 Å². The number of hydrogen-bond acceptors (Lipinski definition) is 7. The largest absolute Gasteiger partial charge is 0.472 e. The van der Waals surface area contributed by atoms with E-state index in [0.717, 1.165) is 77.0 Å². The molecule has 0 bridgehead atoms. The van der Waals surface area contributed by atoms with Crippen LogP contribution in [0.25, 0.3) is 0 Å². The van der Waals surface area contributed by atoms with E-state index in [9.17, 15) is 19.0 Å². The Kier molecular flexibility index (Phi) is 37.1. The van der Waals surface area contributed by atoms with Crippen LogP contribution in [0.1, 0.15) is 227 Å². The summed E-state index contributed by atoms with van der Waals surface area (Å²) in [5.41, 5.74) is 0.0842. The molecule has 1 N–H and O–H groups in total. The second-order valence-electron chi connectivity index (χ2n) is 16.7. The zero-order valence-corrected chi connectivity index (χ0v) is 37.4. The van der Waals surface area contributed by atoms with E-state index in [1.165, 1.54) is 89.9 Å². The second-order valence-corrected chi connectivity index (χ2v) is 18.2. The van der Waals surface area contributed by atoms with E-state index < -0.39 is 26.5 Å². The fraction of sp³-hybridized carbons (Fsp3) is 0.870. The van der Waals surface area contributed by atoms with Gasteiger partial charge in [0, 0.05) is 12.8 Å². The molecular formula is C46H87O8P. The zero-order chi connectivity index (χ0) is 40.7. The Morgan fingerprint density at radius 2 is 0.945 bits per heavy atom. The Labute approximate surface area is 339 Å². The van der Waals surface area contributed by atoms with Gasteiger partial charge in [-0.2, -0.15) is 0 Å². The fourth-order valence-corrected chi connectivity index (χ4v) is 7.09. The number of hydrogen-bond donors (Lipinski definition) is 1. The molecule has 0 aromatic carbocycles. The Balaban J connectivity index is 4.41. The second kappa shape index (κ2) is 38.1. The van der Waals surface area contributed by atoms with E-state index in [0.29, 0.717) is 12.8 Å². The van der Waals surface area contributed by atoms with Gasteiger partial charge >= 0.3 is 19.8 Å². The van der Waals surface area contributed by atoms with Gasteiger partial charge in [0.2, 0.25) is 0 Å². The van der Waals surface area contributed by atoms with Gasteiger partial charge in [-0.05, 0) is 82.5 Å². The third kappa shape index (κ3) is 42.0. The molecule has 0 heterocycles. The number of allylic oxidation sites excluding steroid dienone is 4. The Morgan fingerprint density at radius 1 is 0.545 bits per heavy atom. The minimum atomic E-state index is -4.36. The van der Waals surface area contributed by atoms with Crippen molar-refractivity contribution in [2.45, 2.75) is 233 Å². The molecule has 0 aliphatic carbocycles. The van der Waals surface area contributed by atoms with Crippen molar-refractivity contribution in [2.24, 2.45) is 5.41 Å². The molecule has 9 heteroatoms. The first-order valence-corrected chi connectivity index (χ1v) is 24.3. The number of esters is 2. The van der Waals surface area contributed by atoms with Crippen LogP contribution in [0.3, 0.4) is 0 Å². The van der Waals surface area contributed by atoms with Crippen LogP contribution in [0.15, 0.2) is 24.3 Å². The number of phosphoric acid groups is 1. The first-order chi connectivity index (χ1) is 26.5. The molecule has 55 heavy (non-hydrogen) atoms. The predicted octanol–water partition coefficient (Wildman–Crippen LogP) is 14.5. The predicted molar refractivity (Wildman–Crippen MR) is 230 cm³/mol. The van der Waals surface area contributed by atoms with Gasteiger partial charge in [-0.3, -0.25) is 18.6 Å². The summed E-state index contributed by atoms with van der Waals surface area (Å²) in [6, 6.07) is 0. The first kappa shape index (κ1) is 53.5. The summed E-state index contributed by atoms with van der Waals surface area (Å²) in [4.78, 5) is 35.4. The summed E-state index contributed by atoms with van der Waals surface area (Å²) in [6.07, 6.45) is 40.8. The molecule has 0 amide bonds. The van der Waals surface area contributed by atoms with Crippen molar-refractivity contribution < 1.29 is 37.6 Å². The van der Waals surface area contributed by atoms with Crippen LogP contribution in [0, 0.1) is 5.41 Å². The Bertz CT molecular complexity index is 989. The van der Waals surface area contributed by atoms with E-state index in [1.54, 1.807) is 0 Å². The summed E-state index contributed by atoms with van der Waals surface area (Å²) in [5, 5.41) is 0. The highest BCUT2D eigenvalue weighted by Crippen LogP contribution is 2.43. The summed E-state index contributed by atoms with van der Waals surface area (Å²) < 4.78 is 33.9. The number of carbonyl (C=O) groups excluding carboxylic acids is 2. The van der Waals surface area contributed by atoms with Crippen molar-refractivity contribution in [3.05, 3.63) is 24.3 Å². The highest BCUT2D eigenvalue weighted by atomic mass is 31.2. The molecule has 0 radical (unpaired) electrons. The monoisotopic (exact) mass is 799 g/mol. The molecule has 0 fully saturated rings. The maximum absolute atomic E-state index is 12.7. The molecule has 0 aromatic heterocycles. The lowest BCUT2D eigenvalue weighted by Gasteiger charge is -2.21. The molecule has 324 valence electrons. The van der Waals surface area contributed by atoms with Crippen molar-refractivity contribution in [1.82, 2.24) is 0 Å². The summed E-state index contributed by atoms with van der Waals surface area (Å²) in [6.45, 7) is 10.2. The van der Waals surface area contributed by atoms with Crippen molar-refractivity contribution in [3.63, 3.8) is 0 Å². The molecule has 0 saturated heterocycles. The molecular weight excluding hydrogens is 711 g/mol. The topological polar surface area (TPSA) is 108 Å². The minimum absolute atomic E-state index is 0.0793. The zero-order valence-electron chi connectivity index (χ0n) is 36.5. The van der Waals surface area contributed by atoms with Crippen molar-refractivity contribution >= 4 is 19.8 Å². The van der Waals surface area contributed by atoms with Crippen molar-refractivity contribution in [3.8, 4) is 0 Å². The highest BCUT2D eigenvalue weighted by molar-refractivity contribution is 7.47. The standard InChI is InChI=1S/C46H87O8P/c1-6-8-10-12-14-16-18-20-22-24-26-28-30-32-34-37-44(47)51-41-43(42-53-55(49,50)52-40-36-39-46(3,4)5)54-45(48)38-35-33-31-29-27-25-23-21-19-17-15-13-11-9-7-2/h20-23,43H,6-19,24-42H2,1-5H3,(H,49,50)/b22-20-,23-21-. The number of ether oxygens (including phenoxy) is 2. The molecule has 2 unspecified atom stereocenters. The van der Waals surface area contributed by atoms with Gasteiger partial charge in [-0.15, -0.1) is 0 Å². The van der Waals surface area contributed by atoms with Gasteiger partial charge in [-0.1, -0.05) is 162 Å². The van der Waals surface area contributed by atoms with Gasteiger partial charge in [-0.25, -0.2) is 4.57 Å². The van der Waals surface area contributed by atoms with Gasteiger partial charge in [0.25, 0.3) is 0 Å². The molecule has 0 rings (SSSR count). The lowest BCUT2D eigenvalue weighted by molar-refractivity contribution is -0.161. The molecule has 0 saturated carbocycles.